The number of nitrogens with zero attached hydrogens (tertiary/aromatic N) is 3. The molecule has 27 heavy (non-hydrogen) atoms. The van der Waals surface area contributed by atoms with E-state index in [2.05, 4.69) is 10.2 Å². The van der Waals surface area contributed by atoms with E-state index in [9.17, 15) is 19.2 Å². The molecule has 4 rings (SSSR count). The SMILES string of the molecule is Cn1c(=O)n(C2CCC(=O)NC2=O)c2cccc(N3CCC(C=O)CC3)c21. The molecule has 8 heteroatoms. The zero-order chi connectivity index (χ0) is 19.1. The lowest BCUT2D eigenvalue weighted by Gasteiger charge is -2.32. The quantitative estimate of drug-likeness (QED) is 0.635. The predicted octanol–water partition coefficient (Wildman–Crippen LogP) is 0.733. The number of fused-ring (bicyclic) bond motifs is 1. The highest BCUT2D eigenvalue weighted by Gasteiger charge is 2.32. The maximum Gasteiger partial charge on any atom is 0.329 e. The van der Waals surface area contributed by atoms with Crippen molar-refractivity contribution in [3.8, 4) is 0 Å². The second-order valence-corrected chi connectivity index (χ2v) is 7.28. The Bertz CT molecular complexity index is 981. The summed E-state index contributed by atoms with van der Waals surface area (Å²) < 4.78 is 3.07. The first kappa shape index (κ1) is 17.5. The maximum absolute atomic E-state index is 12.9. The molecule has 1 aromatic heterocycles. The summed E-state index contributed by atoms with van der Waals surface area (Å²) in [5.41, 5.74) is 2.13. The van der Waals surface area contributed by atoms with E-state index in [0.717, 1.165) is 43.4 Å². The summed E-state index contributed by atoms with van der Waals surface area (Å²) in [5.74, 6) is -0.640. The largest absolute Gasteiger partial charge is 0.370 e. The lowest BCUT2D eigenvalue weighted by Crippen LogP contribution is -2.44. The van der Waals surface area contributed by atoms with Crippen LogP contribution in [0.1, 0.15) is 31.7 Å². The summed E-state index contributed by atoms with van der Waals surface area (Å²) in [6, 6.07) is 5.00. The van der Waals surface area contributed by atoms with Gasteiger partial charge in [0.25, 0.3) is 0 Å². The highest BCUT2D eigenvalue weighted by Crippen LogP contribution is 2.31. The number of carbonyl (C=O) groups is 3. The molecule has 142 valence electrons. The molecular formula is C19H22N4O4. The van der Waals surface area contributed by atoms with Crippen LogP contribution in [0.25, 0.3) is 11.0 Å². The number of benzene rings is 1. The van der Waals surface area contributed by atoms with Gasteiger partial charge in [0.2, 0.25) is 11.8 Å². The second kappa shape index (κ2) is 6.68. The molecular weight excluding hydrogens is 348 g/mol. The van der Waals surface area contributed by atoms with Crippen LogP contribution in [0.3, 0.4) is 0 Å². The monoisotopic (exact) mass is 370 g/mol. The lowest BCUT2D eigenvalue weighted by molar-refractivity contribution is -0.135. The molecule has 8 nitrogen and oxygen atoms in total. The fourth-order valence-corrected chi connectivity index (χ4v) is 4.18. The Morgan fingerprint density at radius 3 is 2.52 bits per heavy atom. The van der Waals surface area contributed by atoms with Crippen molar-refractivity contribution in [3.05, 3.63) is 28.7 Å². The van der Waals surface area contributed by atoms with Crippen molar-refractivity contribution in [2.45, 2.75) is 31.7 Å². The number of nitrogens with one attached hydrogen (secondary N) is 1. The summed E-state index contributed by atoms with van der Waals surface area (Å²) in [4.78, 5) is 49.9. The van der Waals surface area contributed by atoms with Crippen molar-refractivity contribution in [1.82, 2.24) is 14.5 Å². The zero-order valence-corrected chi connectivity index (χ0v) is 15.2. The molecule has 0 aliphatic carbocycles. The molecule has 1 unspecified atom stereocenters. The van der Waals surface area contributed by atoms with E-state index < -0.39 is 11.9 Å². The first-order valence-electron chi connectivity index (χ1n) is 9.25. The number of piperidine rings is 2. The highest BCUT2D eigenvalue weighted by molar-refractivity contribution is 6.00. The molecule has 0 bridgehead atoms. The molecule has 0 radical (unpaired) electrons. The number of aryl methyl sites for hydroxylation is 1. The van der Waals surface area contributed by atoms with Crippen molar-refractivity contribution in [1.29, 1.82) is 0 Å². The van der Waals surface area contributed by atoms with Crippen molar-refractivity contribution in [2.75, 3.05) is 18.0 Å². The van der Waals surface area contributed by atoms with E-state index in [-0.39, 0.29) is 23.9 Å². The average molecular weight is 370 g/mol. The Hall–Kier alpha value is -2.90. The molecule has 0 saturated carbocycles. The topological polar surface area (TPSA) is 93.4 Å². The smallest absolute Gasteiger partial charge is 0.329 e. The number of aldehydes is 1. The van der Waals surface area contributed by atoms with Gasteiger partial charge in [0.1, 0.15) is 12.3 Å². The standard InChI is InChI=1S/C19H22N4O4/c1-21-17-13(22-9-7-12(11-24)8-10-22)3-2-4-14(17)23(19(21)27)15-5-6-16(25)20-18(15)26/h2-4,11-12,15H,5-10H2,1H3,(H,20,25,26). The summed E-state index contributed by atoms with van der Waals surface area (Å²) in [6.07, 6.45) is 3.15. The van der Waals surface area contributed by atoms with Gasteiger partial charge < -0.3 is 9.69 Å². The Morgan fingerprint density at radius 2 is 1.85 bits per heavy atom. The maximum atomic E-state index is 12.9. The predicted molar refractivity (Wildman–Crippen MR) is 99.6 cm³/mol. The molecule has 1 atom stereocenters. The number of para-hydroxylation sites is 1. The van der Waals surface area contributed by atoms with Crippen LogP contribution in [0.4, 0.5) is 5.69 Å². The fourth-order valence-electron chi connectivity index (χ4n) is 4.18. The first-order valence-corrected chi connectivity index (χ1v) is 9.25. The number of hydrogen-bond acceptors (Lipinski definition) is 5. The third-order valence-electron chi connectivity index (χ3n) is 5.68. The van der Waals surface area contributed by atoms with Gasteiger partial charge in [0.05, 0.1) is 16.7 Å². The van der Waals surface area contributed by atoms with E-state index in [1.54, 1.807) is 11.6 Å². The lowest BCUT2D eigenvalue weighted by atomic mass is 9.98. The zero-order valence-electron chi connectivity index (χ0n) is 15.2. The summed E-state index contributed by atoms with van der Waals surface area (Å²) >= 11 is 0. The van der Waals surface area contributed by atoms with Crippen LogP contribution in [0.2, 0.25) is 0 Å². The van der Waals surface area contributed by atoms with Crippen LogP contribution in [0.5, 0.6) is 0 Å². The van der Waals surface area contributed by atoms with Crippen molar-refractivity contribution < 1.29 is 14.4 Å². The number of imidazole rings is 1. The van der Waals surface area contributed by atoms with Gasteiger partial charge in [-0.1, -0.05) is 6.07 Å². The van der Waals surface area contributed by atoms with Crippen molar-refractivity contribution in [3.63, 3.8) is 0 Å². The Labute approximate surface area is 155 Å². The van der Waals surface area contributed by atoms with Crippen LogP contribution < -0.4 is 15.9 Å². The van der Waals surface area contributed by atoms with Crippen molar-refractivity contribution in [2.24, 2.45) is 13.0 Å². The molecule has 2 amide bonds. The minimum Gasteiger partial charge on any atom is -0.370 e. The van der Waals surface area contributed by atoms with Gasteiger partial charge in [-0.2, -0.15) is 0 Å². The molecule has 2 aliphatic rings. The average Bonchev–Trinajstić information content (AvgIpc) is 2.93. The number of aromatic nitrogens is 2. The van der Waals surface area contributed by atoms with Gasteiger partial charge in [-0.3, -0.25) is 24.0 Å². The number of rotatable bonds is 3. The number of imide groups is 1. The highest BCUT2D eigenvalue weighted by atomic mass is 16.2. The van der Waals surface area contributed by atoms with E-state index in [4.69, 9.17) is 0 Å². The Balaban J connectivity index is 1.79. The van der Waals surface area contributed by atoms with Gasteiger partial charge in [-0.15, -0.1) is 0 Å². The molecule has 2 aliphatic heterocycles. The van der Waals surface area contributed by atoms with Crippen LogP contribution in [0.15, 0.2) is 23.0 Å². The molecule has 1 N–H and O–H groups in total. The van der Waals surface area contributed by atoms with Gasteiger partial charge in [0, 0.05) is 32.5 Å². The summed E-state index contributed by atoms with van der Waals surface area (Å²) in [5, 5.41) is 2.33. The van der Waals surface area contributed by atoms with Gasteiger partial charge in [0.15, 0.2) is 0 Å². The van der Waals surface area contributed by atoms with E-state index in [1.165, 1.54) is 4.57 Å². The normalized spacial score (nSPS) is 21.5. The van der Waals surface area contributed by atoms with Crippen LogP contribution in [-0.2, 0) is 21.4 Å². The first-order chi connectivity index (χ1) is 13.0. The minimum absolute atomic E-state index is 0.0948. The molecule has 3 heterocycles. The number of amides is 2. The molecule has 2 fully saturated rings. The third-order valence-corrected chi connectivity index (χ3v) is 5.68. The van der Waals surface area contributed by atoms with E-state index in [0.29, 0.717) is 11.9 Å². The second-order valence-electron chi connectivity index (χ2n) is 7.28. The van der Waals surface area contributed by atoms with Crippen LogP contribution >= 0.6 is 0 Å². The summed E-state index contributed by atoms with van der Waals surface area (Å²) in [6.45, 7) is 1.50. The fraction of sp³-hybridized carbons (Fsp3) is 0.474. The Morgan fingerprint density at radius 1 is 1.11 bits per heavy atom. The molecule has 2 aromatic rings. The van der Waals surface area contributed by atoms with Crippen molar-refractivity contribution >= 4 is 34.8 Å². The van der Waals surface area contributed by atoms with Gasteiger partial charge >= 0.3 is 5.69 Å². The van der Waals surface area contributed by atoms with E-state index >= 15 is 0 Å². The molecule has 0 spiro atoms. The molecule has 2 saturated heterocycles. The van der Waals surface area contributed by atoms with Crippen LogP contribution in [0, 0.1) is 5.92 Å². The van der Waals surface area contributed by atoms with E-state index in [1.807, 2.05) is 18.2 Å². The Kier molecular flexibility index (Phi) is 4.33. The van der Waals surface area contributed by atoms with Gasteiger partial charge in [-0.05, 0) is 31.4 Å². The number of anilines is 1. The van der Waals surface area contributed by atoms with Gasteiger partial charge in [-0.25, -0.2) is 4.79 Å². The third kappa shape index (κ3) is 2.85. The van der Waals surface area contributed by atoms with Crippen LogP contribution in [-0.4, -0.2) is 40.3 Å². The number of hydrogen-bond donors (Lipinski definition) is 1. The molecule has 1 aromatic carbocycles. The minimum atomic E-state index is -0.685. The number of carbonyl (C=O) groups excluding carboxylic acids is 3. The summed E-state index contributed by atoms with van der Waals surface area (Å²) in [7, 11) is 1.70.